The summed E-state index contributed by atoms with van der Waals surface area (Å²) in [5.41, 5.74) is 0.963. The number of benzene rings is 1. The van der Waals surface area contributed by atoms with E-state index < -0.39 is 10.0 Å². The van der Waals surface area contributed by atoms with Gasteiger partial charge in [-0.05, 0) is 59.8 Å². The first-order valence-electron chi connectivity index (χ1n) is 6.91. The van der Waals surface area contributed by atoms with Crippen LogP contribution in [0.25, 0.3) is 0 Å². The van der Waals surface area contributed by atoms with Gasteiger partial charge in [-0.3, -0.25) is 0 Å². The molecule has 7 heteroatoms. The van der Waals surface area contributed by atoms with Gasteiger partial charge in [0.15, 0.2) is 0 Å². The van der Waals surface area contributed by atoms with Crippen LogP contribution in [0, 0.1) is 0 Å². The number of hydrogen-bond acceptors (Lipinski definition) is 4. The van der Waals surface area contributed by atoms with Crippen molar-refractivity contribution in [1.82, 2.24) is 10.0 Å². The fourth-order valence-electron chi connectivity index (χ4n) is 1.89. The van der Waals surface area contributed by atoms with E-state index in [-0.39, 0.29) is 6.04 Å². The molecule has 0 aliphatic heterocycles. The topological polar surface area (TPSA) is 58.2 Å². The van der Waals surface area contributed by atoms with E-state index >= 15 is 0 Å². The van der Waals surface area contributed by atoms with Crippen LogP contribution in [-0.4, -0.2) is 33.0 Å². The number of rotatable bonds is 9. The van der Waals surface area contributed by atoms with Crippen molar-refractivity contribution in [2.24, 2.45) is 0 Å². The normalized spacial score (nSPS) is 13.3. The van der Waals surface area contributed by atoms with E-state index in [9.17, 15) is 8.42 Å². The zero-order valence-electron chi connectivity index (χ0n) is 12.6. The molecule has 1 aromatic rings. The summed E-state index contributed by atoms with van der Waals surface area (Å²) in [6.07, 6.45) is 3.01. The van der Waals surface area contributed by atoms with Crippen molar-refractivity contribution in [3.63, 3.8) is 0 Å². The van der Waals surface area contributed by atoms with Crippen molar-refractivity contribution in [3.05, 3.63) is 28.2 Å². The van der Waals surface area contributed by atoms with Gasteiger partial charge in [-0.1, -0.05) is 13.0 Å². The van der Waals surface area contributed by atoms with Crippen molar-refractivity contribution in [1.29, 1.82) is 0 Å². The molecule has 0 bridgehead atoms. The van der Waals surface area contributed by atoms with Crippen molar-refractivity contribution < 1.29 is 8.42 Å². The van der Waals surface area contributed by atoms with E-state index in [0.29, 0.717) is 15.9 Å². The minimum absolute atomic E-state index is 0.0984. The second-order valence-corrected chi connectivity index (χ2v) is 8.37. The summed E-state index contributed by atoms with van der Waals surface area (Å²) in [6.45, 7) is 5.56. The fraction of sp³-hybridized carbons (Fsp3) is 0.571. The first-order valence-corrected chi connectivity index (χ1v) is 10.6. The monoisotopic (exact) mass is 394 g/mol. The smallest absolute Gasteiger partial charge is 0.241 e. The predicted octanol–water partition coefficient (Wildman–Crippen LogP) is 2.98. The second-order valence-electron chi connectivity index (χ2n) is 4.92. The standard InChI is InChI=1S/C14H23BrN2O2S2/c1-4-7-16-9-12-5-6-13(15)14(8-12)21(18,19)17-11(2)10-20-3/h5-6,8,11,16-17H,4,7,9-10H2,1-3H3. The van der Waals surface area contributed by atoms with E-state index in [1.54, 1.807) is 23.9 Å². The Morgan fingerprint density at radius 3 is 2.71 bits per heavy atom. The molecule has 0 fully saturated rings. The summed E-state index contributed by atoms with van der Waals surface area (Å²) in [5, 5.41) is 3.28. The quantitative estimate of drug-likeness (QED) is 0.632. The molecule has 0 saturated carbocycles. The van der Waals surface area contributed by atoms with Gasteiger partial charge >= 0.3 is 0 Å². The Labute approximate surface area is 140 Å². The molecule has 0 spiro atoms. The van der Waals surface area contributed by atoms with Gasteiger partial charge in [-0.25, -0.2) is 13.1 Å². The highest BCUT2D eigenvalue weighted by Crippen LogP contribution is 2.23. The van der Waals surface area contributed by atoms with E-state index in [2.05, 4.69) is 32.9 Å². The molecule has 1 unspecified atom stereocenters. The molecule has 21 heavy (non-hydrogen) atoms. The molecular weight excluding hydrogens is 372 g/mol. The molecule has 4 nitrogen and oxygen atoms in total. The summed E-state index contributed by atoms with van der Waals surface area (Å²) in [6, 6.07) is 5.34. The van der Waals surface area contributed by atoms with Crippen molar-refractivity contribution in [2.75, 3.05) is 18.6 Å². The molecule has 0 aliphatic rings. The highest BCUT2D eigenvalue weighted by molar-refractivity contribution is 9.10. The molecule has 2 N–H and O–H groups in total. The lowest BCUT2D eigenvalue weighted by Crippen LogP contribution is -2.34. The van der Waals surface area contributed by atoms with Crippen molar-refractivity contribution in [2.45, 2.75) is 37.8 Å². The largest absolute Gasteiger partial charge is 0.313 e. The molecule has 120 valence electrons. The molecule has 0 radical (unpaired) electrons. The third-order valence-electron chi connectivity index (χ3n) is 2.81. The molecule has 0 heterocycles. The predicted molar refractivity (Wildman–Crippen MR) is 94.3 cm³/mol. The number of halogens is 1. The summed E-state index contributed by atoms with van der Waals surface area (Å²) in [5.74, 6) is 0.745. The van der Waals surface area contributed by atoms with Crippen LogP contribution in [0.15, 0.2) is 27.6 Å². The van der Waals surface area contributed by atoms with E-state index in [4.69, 9.17) is 0 Å². The summed E-state index contributed by atoms with van der Waals surface area (Å²) >= 11 is 4.95. The Kier molecular flexibility index (Phi) is 8.26. The third kappa shape index (κ3) is 6.28. The fourth-order valence-corrected chi connectivity index (χ4v) is 4.83. The highest BCUT2D eigenvalue weighted by Gasteiger charge is 2.20. The number of sulfonamides is 1. The maximum absolute atomic E-state index is 12.4. The Balaban J connectivity index is 2.91. The minimum atomic E-state index is -3.50. The van der Waals surface area contributed by atoms with Crippen molar-refractivity contribution >= 4 is 37.7 Å². The van der Waals surface area contributed by atoms with Gasteiger partial charge in [-0.15, -0.1) is 0 Å². The van der Waals surface area contributed by atoms with Gasteiger partial charge in [-0.2, -0.15) is 11.8 Å². The van der Waals surface area contributed by atoms with Crippen LogP contribution in [0.1, 0.15) is 25.8 Å². The molecule has 1 rings (SSSR count). The van der Waals surface area contributed by atoms with Gasteiger partial charge in [0.1, 0.15) is 0 Å². The van der Waals surface area contributed by atoms with Gasteiger partial charge in [0, 0.05) is 22.8 Å². The van der Waals surface area contributed by atoms with Crippen LogP contribution in [0.5, 0.6) is 0 Å². The lowest BCUT2D eigenvalue weighted by Gasteiger charge is -2.15. The molecule has 1 atom stereocenters. The van der Waals surface area contributed by atoms with Gasteiger partial charge < -0.3 is 5.32 Å². The molecule has 1 aromatic carbocycles. The molecule has 0 aromatic heterocycles. The maximum atomic E-state index is 12.4. The first kappa shape index (κ1) is 19.0. The number of thioether (sulfide) groups is 1. The lowest BCUT2D eigenvalue weighted by molar-refractivity contribution is 0.570. The van der Waals surface area contributed by atoms with Crippen LogP contribution >= 0.6 is 27.7 Å². The Bertz CT molecular complexity index is 550. The summed E-state index contributed by atoms with van der Waals surface area (Å²) in [7, 11) is -3.50. The minimum Gasteiger partial charge on any atom is -0.313 e. The van der Waals surface area contributed by atoms with Crippen LogP contribution in [-0.2, 0) is 16.6 Å². The van der Waals surface area contributed by atoms with Crippen LogP contribution in [0.4, 0.5) is 0 Å². The Hall–Kier alpha value is -0.0800. The maximum Gasteiger partial charge on any atom is 0.241 e. The van der Waals surface area contributed by atoms with E-state index in [1.165, 1.54) is 0 Å². The van der Waals surface area contributed by atoms with Gasteiger partial charge in [0.25, 0.3) is 0 Å². The van der Waals surface area contributed by atoms with Crippen LogP contribution < -0.4 is 10.0 Å². The highest BCUT2D eigenvalue weighted by atomic mass is 79.9. The zero-order valence-corrected chi connectivity index (χ0v) is 15.9. The van der Waals surface area contributed by atoms with Gasteiger partial charge in [0.2, 0.25) is 10.0 Å². The first-order chi connectivity index (χ1) is 9.90. The summed E-state index contributed by atoms with van der Waals surface area (Å²) < 4.78 is 28.2. The Morgan fingerprint density at radius 2 is 2.10 bits per heavy atom. The second kappa shape index (κ2) is 9.15. The number of hydrogen-bond donors (Lipinski definition) is 2. The van der Waals surface area contributed by atoms with Gasteiger partial charge in [0.05, 0.1) is 4.90 Å². The average molecular weight is 395 g/mol. The molecule has 0 amide bonds. The lowest BCUT2D eigenvalue weighted by atomic mass is 10.2. The molecule has 0 aliphatic carbocycles. The summed E-state index contributed by atoms with van der Waals surface area (Å²) in [4.78, 5) is 0.297. The third-order valence-corrected chi connectivity index (χ3v) is 6.23. The van der Waals surface area contributed by atoms with Crippen LogP contribution in [0.3, 0.4) is 0 Å². The van der Waals surface area contributed by atoms with E-state index in [0.717, 1.165) is 24.3 Å². The SMILES string of the molecule is CCCNCc1ccc(Br)c(S(=O)(=O)NC(C)CSC)c1. The molecule has 0 saturated heterocycles. The number of nitrogens with one attached hydrogen (secondary N) is 2. The Morgan fingerprint density at radius 1 is 1.38 bits per heavy atom. The average Bonchev–Trinajstić information content (AvgIpc) is 2.40. The molecular formula is C14H23BrN2O2S2. The zero-order chi connectivity index (χ0) is 15.9. The van der Waals surface area contributed by atoms with Crippen molar-refractivity contribution in [3.8, 4) is 0 Å². The van der Waals surface area contributed by atoms with E-state index in [1.807, 2.05) is 19.2 Å². The van der Waals surface area contributed by atoms with Crippen LogP contribution in [0.2, 0.25) is 0 Å².